The zero-order valence-electron chi connectivity index (χ0n) is 10.5. The summed E-state index contributed by atoms with van der Waals surface area (Å²) < 4.78 is 0. The van der Waals surface area contributed by atoms with Crippen molar-refractivity contribution in [3.8, 4) is 0 Å². The minimum atomic E-state index is -1.97. The molecule has 0 unspecified atom stereocenters. The average Bonchev–Trinajstić information content (AvgIpc) is 2.50. The predicted molar refractivity (Wildman–Crippen MR) is 69.3 cm³/mol. The molecule has 0 aliphatic carbocycles. The van der Waals surface area contributed by atoms with Crippen LogP contribution in [0.3, 0.4) is 0 Å². The zero-order valence-corrected chi connectivity index (χ0v) is 10.5. The van der Waals surface area contributed by atoms with Crippen LogP contribution in [0.5, 0.6) is 0 Å². The molecule has 0 saturated carbocycles. The Morgan fingerprint density at radius 1 is 1.05 bits per heavy atom. The summed E-state index contributed by atoms with van der Waals surface area (Å²) in [6, 6.07) is 8.54. The molecule has 4 atom stereocenters. The third kappa shape index (κ3) is 4.44. The highest BCUT2D eigenvalue weighted by Gasteiger charge is 2.34. The van der Waals surface area contributed by atoms with E-state index in [1.165, 1.54) is 0 Å². The number of aliphatic hydroxyl groups is 5. The third-order valence-electron chi connectivity index (χ3n) is 2.63. The number of benzene rings is 1. The summed E-state index contributed by atoms with van der Waals surface area (Å²) in [6.45, 7) is -0.811. The van der Waals surface area contributed by atoms with Crippen molar-refractivity contribution in [3.05, 3.63) is 30.3 Å². The number of rotatable bonds is 7. The van der Waals surface area contributed by atoms with Crippen molar-refractivity contribution in [2.24, 2.45) is 0 Å². The maximum Gasteiger partial charge on any atom is 0.269 e. The van der Waals surface area contributed by atoms with Gasteiger partial charge in [-0.1, -0.05) is 18.2 Å². The quantitative estimate of drug-likeness (QED) is 0.276. The molecule has 112 valence electrons. The molecule has 1 aromatic carbocycles. The number of hydrazine groups is 1. The van der Waals surface area contributed by atoms with E-state index in [0.717, 1.165) is 0 Å². The summed E-state index contributed by atoms with van der Waals surface area (Å²) >= 11 is 0. The number of carbonyl (C=O) groups is 1. The molecular weight excluding hydrogens is 268 g/mol. The maximum absolute atomic E-state index is 11.5. The number of para-hydroxylation sites is 1. The van der Waals surface area contributed by atoms with Crippen LogP contribution in [0.25, 0.3) is 0 Å². The van der Waals surface area contributed by atoms with Crippen molar-refractivity contribution in [1.82, 2.24) is 5.43 Å². The molecule has 0 spiro atoms. The van der Waals surface area contributed by atoms with E-state index in [1.807, 2.05) is 0 Å². The van der Waals surface area contributed by atoms with Crippen molar-refractivity contribution in [2.45, 2.75) is 24.4 Å². The Morgan fingerprint density at radius 3 is 2.20 bits per heavy atom. The van der Waals surface area contributed by atoms with E-state index < -0.39 is 36.9 Å². The second kappa shape index (κ2) is 7.78. The Morgan fingerprint density at radius 2 is 1.65 bits per heavy atom. The fraction of sp³-hybridized carbons (Fsp3) is 0.417. The Kier molecular flexibility index (Phi) is 6.36. The van der Waals surface area contributed by atoms with Crippen LogP contribution in [-0.4, -0.2) is 62.5 Å². The van der Waals surface area contributed by atoms with Crippen LogP contribution in [0.4, 0.5) is 5.69 Å². The van der Waals surface area contributed by atoms with E-state index in [4.69, 9.17) is 10.2 Å². The van der Waals surface area contributed by atoms with Gasteiger partial charge in [0.05, 0.1) is 12.3 Å². The first-order valence-corrected chi connectivity index (χ1v) is 5.91. The number of nitrogens with one attached hydrogen (secondary N) is 2. The standard InChI is InChI=1S/C12H18N2O6/c15-6-8(16)9(17)10(18)11(19)12(20)14-13-7-4-2-1-3-5-7/h1-5,8-11,13,15-19H,6H2,(H,14,20)/t8-,9-,10-,11-/m1/s1. The lowest BCUT2D eigenvalue weighted by Gasteiger charge is -2.25. The van der Waals surface area contributed by atoms with Gasteiger partial charge >= 0.3 is 0 Å². The molecule has 0 radical (unpaired) electrons. The second-order valence-corrected chi connectivity index (χ2v) is 4.16. The van der Waals surface area contributed by atoms with Crippen LogP contribution in [-0.2, 0) is 4.79 Å². The lowest BCUT2D eigenvalue weighted by atomic mass is 10.0. The number of aliphatic hydroxyl groups excluding tert-OH is 5. The third-order valence-corrected chi connectivity index (χ3v) is 2.63. The molecule has 0 fully saturated rings. The van der Waals surface area contributed by atoms with Crippen LogP contribution in [0.1, 0.15) is 0 Å². The number of anilines is 1. The van der Waals surface area contributed by atoms with Gasteiger partial charge in [-0.3, -0.25) is 15.6 Å². The normalized spacial score (nSPS) is 16.9. The first-order valence-electron chi connectivity index (χ1n) is 5.91. The van der Waals surface area contributed by atoms with Crippen LogP contribution in [0.2, 0.25) is 0 Å². The number of carbonyl (C=O) groups excluding carboxylic acids is 1. The van der Waals surface area contributed by atoms with Gasteiger partial charge in [-0.15, -0.1) is 0 Å². The van der Waals surface area contributed by atoms with E-state index in [9.17, 15) is 20.1 Å². The molecule has 1 rings (SSSR count). The molecule has 0 aliphatic rings. The summed E-state index contributed by atoms with van der Waals surface area (Å²) in [4.78, 5) is 11.5. The van der Waals surface area contributed by atoms with Gasteiger partial charge in [0.2, 0.25) is 0 Å². The molecule has 0 heterocycles. The van der Waals surface area contributed by atoms with Crippen LogP contribution in [0, 0.1) is 0 Å². The summed E-state index contributed by atoms with van der Waals surface area (Å²) in [5.41, 5.74) is 5.19. The molecule has 8 heteroatoms. The average molecular weight is 286 g/mol. The Labute approximate surface area is 115 Å². The lowest BCUT2D eigenvalue weighted by molar-refractivity contribution is -0.148. The second-order valence-electron chi connectivity index (χ2n) is 4.16. The zero-order chi connectivity index (χ0) is 15.1. The molecular formula is C12H18N2O6. The van der Waals surface area contributed by atoms with Gasteiger partial charge in [0, 0.05) is 0 Å². The summed E-state index contributed by atoms with van der Waals surface area (Å²) in [5, 5.41) is 46.1. The number of hydrogen-bond acceptors (Lipinski definition) is 7. The Hall–Kier alpha value is -1.71. The summed E-state index contributed by atoms with van der Waals surface area (Å²) in [5.74, 6) is -0.995. The minimum absolute atomic E-state index is 0.554. The van der Waals surface area contributed by atoms with Crippen molar-refractivity contribution in [3.63, 3.8) is 0 Å². The van der Waals surface area contributed by atoms with E-state index in [2.05, 4.69) is 10.9 Å². The lowest BCUT2D eigenvalue weighted by Crippen LogP contribution is -2.52. The van der Waals surface area contributed by atoms with E-state index in [-0.39, 0.29) is 0 Å². The molecule has 0 aliphatic heterocycles. The van der Waals surface area contributed by atoms with Crippen molar-refractivity contribution >= 4 is 11.6 Å². The maximum atomic E-state index is 11.5. The molecule has 7 N–H and O–H groups in total. The summed E-state index contributed by atoms with van der Waals surface area (Å²) in [6.07, 6.45) is -7.41. The SMILES string of the molecule is O=C(NNc1ccccc1)[C@H](O)[C@H](O)[C@H](O)[C@H](O)CO. The van der Waals surface area contributed by atoms with E-state index in [0.29, 0.717) is 5.69 Å². The van der Waals surface area contributed by atoms with Crippen molar-refractivity contribution in [1.29, 1.82) is 0 Å². The van der Waals surface area contributed by atoms with Gasteiger partial charge in [-0.2, -0.15) is 0 Å². The largest absolute Gasteiger partial charge is 0.394 e. The smallest absolute Gasteiger partial charge is 0.269 e. The number of hydrogen-bond donors (Lipinski definition) is 7. The monoisotopic (exact) mass is 286 g/mol. The first kappa shape index (κ1) is 16.3. The molecule has 0 aromatic heterocycles. The topological polar surface area (TPSA) is 142 Å². The number of amides is 1. The summed E-state index contributed by atoms with van der Waals surface area (Å²) in [7, 11) is 0. The van der Waals surface area contributed by atoms with Crippen LogP contribution in [0.15, 0.2) is 30.3 Å². The van der Waals surface area contributed by atoms with Crippen LogP contribution < -0.4 is 10.9 Å². The van der Waals surface area contributed by atoms with Crippen molar-refractivity contribution in [2.75, 3.05) is 12.0 Å². The molecule has 1 aromatic rings. The fourth-order valence-corrected chi connectivity index (χ4v) is 1.41. The van der Waals surface area contributed by atoms with Gasteiger partial charge in [-0.25, -0.2) is 0 Å². The van der Waals surface area contributed by atoms with E-state index >= 15 is 0 Å². The molecule has 0 saturated heterocycles. The predicted octanol–water partition coefficient (Wildman–Crippen LogP) is -2.43. The van der Waals surface area contributed by atoms with Gasteiger partial charge in [0.15, 0.2) is 6.10 Å². The highest BCUT2D eigenvalue weighted by atomic mass is 16.4. The fourth-order valence-electron chi connectivity index (χ4n) is 1.41. The molecule has 0 bridgehead atoms. The molecule has 8 nitrogen and oxygen atoms in total. The van der Waals surface area contributed by atoms with Gasteiger partial charge in [-0.05, 0) is 12.1 Å². The highest BCUT2D eigenvalue weighted by Crippen LogP contribution is 2.06. The Bertz CT molecular complexity index is 416. The van der Waals surface area contributed by atoms with Gasteiger partial charge in [0.1, 0.15) is 18.3 Å². The highest BCUT2D eigenvalue weighted by molar-refractivity contribution is 5.82. The molecule has 20 heavy (non-hydrogen) atoms. The van der Waals surface area contributed by atoms with Crippen molar-refractivity contribution < 1.29 is 30.3 Å². The molecule has 1 amide bonds. The first-order chi connectivity index (χ1) is 9.47. The van der Waals surface area contributed by atoms with Crippen LogP contribution >= 0.6 is 0 Å². The minimum Gasteiger partial charge on any atom is -0.394 e. The van der Waals surface area contributed by atoms with E-state index in [1.54, 1.807) is 30.3 Å². The van der Waals surface area contributed by atoms with Gasteiger partial charge < -0.3 is 25.5 Å². The Balaban J connectivity index is 2.50. The van der Waals surface area contributed by atoms with Gasteiger partial charge in [0.25, 0.3) is 5.91 Å².